The summed E-state index contributed by atoms with van der Waals surface area (Å²) in [5.74, 6) is 3.81. The molecule has 0 aromatic heterocycles. The van der Waals surface area contributed by atoms with Crippen LogP contribution in [0.3, 0.4) is 0 Å². The van der Waals surface area contributed by atoms with Gasteiger partial charge in [-0.15, -0.1) is 5.54 Å². The van der Waals surface area contributed by atoms with E-state index in [1.54, 1.807) is 0 Å². The molecule has 0 N–H and O–H groups in total. The van der Waals surface area contributed by atoms with Crippen LogP contribution in [-0.2, 0) is 0 Å². The zero-order valence-electron chi connectivity index (χ0n) is 22.7. The highest BCUT2D eigenvalue weighted by molar-refractivity contribution is 6.83. The largest absolute Gasteiger partial charge is 0.290 e. The summed E-state index contributed by atoms with van der Waals surface area (Å²) in [4.78, 5) is 2.80. The van der Waals surface area contributed by atoms with Crippen LogP contribution in [0.1, 0.15) is 136 Å². The highest BCUT2D eigenvalue weighted by atomic mass is 28.3. The molecule has 0 amide bonds. The molecule has 0 saturated carbocycles. The van der Waals surface area contributed by atoms with Crippen LogP contribution < -0.4 is 0 Å². The minimum Gasteiger partial charge on any atom is -0.290 e. The Morgan fingerprint density at radius 3 is 1.35 bits per heavy atom. The smallest absolute Gasteiger partial charge is 0.129 e. The summed E-state index contributed by atoms with van der Waals surface area (Å²) < 4.78 is 0. The molecule has 0 bridgehead atoms. The van der Waals surface area contributed by atoms with Crippen molar-refractivity contribution in [2.24, 2.45) is 0 Å². The molecule has 0 aliphatic carbocycles. The van der Waals surface area contributed by atoms with Crippen molar-refractivity contribution >= 4 is 8.07 Å². The van der Waals surface area contributed by atoms with Crippen molar-refractivity contribution in [2.45, 2.75) is 162 Å². The molecule has 0 aliphatic rings. The zero-order valence-corrected chi connectivity index (χ0v) is 23.7. The van der Waals surface area contributed by atoms with Gasteiger partial charge in [-0.2, -0.15) is 0 Å². The lowest BCUT2D eigenvalue weighted by Crippen LogP contribution is -2.36. The monoisotopic (exact) mass is 449 g/mol. The Kier molecular flexibility index (Phi) is 21.4. The molecule has 0 rings (SSSR count). The molecular weight excluding hydrogens is 390 g/mol. The lowest BCUT2D eigenvalue weighted by atomic mass is 10.0. The van der Waals surface area contributed by atoms with Crippen molar-refractivity contribution in [1.82, 2.24) is 4.90 Å². The number of nitrogens with zero attached hydrogens (tertiary/aromatic N) is 1. The summed E-state index contributed by atoms with van der Waals surface area (Å²) in [5.41, 5.74) is 3.74. The molecular formula is C29H59NSi. The van der Waals surface area contributed by atoms with E-state index in [4.69, 9.17) is 0 Å². The number of unbranched alkanes of at least 4 members (excludes halogenated alkanes) is 14. The topological polar surface area (TPSA) is 3.24 Å². The molecule has 0 heterocycles. The first-order valence-corrected chi connectivity index (χ1v) is 17.7. The second-order valence-electron chi connectivity index (χ2n) is 10.8. The van der Waals surface area contributed by atoms with Crippen molar-refractivity contribution in [3.05, 3.63) is 0 Å². The summed E-state index contributed by atoms with van der Waals surface area (Å²) in [5, 5.41) is 0. The van der Waals surface area contributed by atoms with Crippen molar-refractivity contribution in [1.29, 1.82) is 0 Å². The van der Waals surface area contributed by atoms with E-state index in [1.807, 2.05) is 0 Å². The first-order chi connectivity index (χ1) is 14.9. The molecule has 1 nitrogen and oxygen atoms in total. The van der Waals surface area contributed by atoms with Crippen LogP contribution >= 0.6 is 0 Å². The Labute approximate surface area is 199 Å². The predicted molar refractivity (Wildman–Crippen MR) is 147 cm³/mol. The SMILES string of the molecule is CCCCCCCCN(CCCCCCCC)C(C#C[Si](C)(C)C)CCCCCCC. The summed E-state index contributed by atoms with van der Waals surface area (Å²) in [6.07, 6.45) is 24.9. The summed E-state index contributed by atoms with van der Waals surface area (Å²) >= 11 is 0. The maximum absolute atomic E-state index is 3.81. The fourth-order valence-electron chi connectivity index (χ4n) is 4.20. The van der Waals surface area contributed by atoms with Crippen molar-refractivity contribution in [2.75, 3.05) is 13.1 Å². The Morgan fingerprint density at radius 2 is 0.935 bits per heavy atom. The van der Waals surface area contributed by atoms with E-state index in [0.29, 0.717) is 6.04 Å². The molecule has 0 aromatic rings. The van der Waals surface area contributed by atoms with Gasteiger partial charge in [0.25, 0.3) is 0 Å². The molecule has 0 aromatic carbocycles. The standard InChI is InChI=1S/C29H59NSi/c1-7-10-13-16-19-22-26-30(27-23-20-17-14-11-8-2)29(25-28-31(4,5)6)24-21-18-15-12-9-3/h29H,7-24,26-27H2,1-6H3. The highest BCUT2D eigenvalue weighted by Crippen LogP contribution is 2.16. The van der Waals surface area contributed by atoms with Gasteiger partial charge in [-0.05, 0) is 32.4 Å². The molecule has 1 unspecified atom stereocenters. The molecule has 0 aliphatic heterocycles. The van der Waals surface area contributed by atoms with Gasteiger partial charge in [0.1, 0.15) is 8.07 Å². The van der Waals surface area contributed by atoms with E-state index in [-0.39, 0.29) is 0 Å². The van der Waals surface area contributed by atoms with Crippen molar-refractivity contribution < 1.29 is 0 Å². The van der Waals surface area contributed by atoms with Gasteiger partial charge in [0.05, 0.1) is 6.04 Å². The van der Waals surface area contributed by atoms with Crippen LogP contribution in [0.25, 0.3) is 0 Å². The molecule has 31 heavy (non-hydrogen) atoms. The van der Waals surface area contributed by atoms with Crippen LogP contribution in [0.15, 0.2) is 0 Å². The Hall–Kier alpha value is -0.263. The van der Waals surface area contributed by atoms with Crippen LogP contribution in [-0.4, -0.2) is 32.1 Å². The maximum Gasteiger partial charge on any atom is 0.129 e. The van der Waals surface area contributed by atoms with Gasteiger partial charge in [-0.1, -0.05) is 143 Å². The fourth-order valence-corrected chi connectivity index (χ4v) is 4.80. The number of hydrogen-bond donors (Lipinski definition) is 0. The summed E-state index contributed by atoms with van der Waals surface area (Å²) in [7, 11) is -1.32. The van der Waals surface area contributed by atoms with Gasteiger partial charge in [0.15, 0.2) is 0 Å². The zero-order chi connectivity index (χ0) is 23.2. The van der Waals surface area contributed by atoms with Crippen LogP contribution in [0.4, 0.5) is 0 Å². The van der Waals surface area contributed by atoms with Gasteiger partial charge < -0.3 is 0 Å². The first-order valence-electron chi connectivity index (χ1n) is 14.2. The van der Waals surface area contributed by atoms with E-state index in [1.165, 1.54) is 129 Å². The molecule has 0 radical (unpaired) electrons. The van der Waals surface area contributed by atoms with E-state index in [2.05, 4.69) is 56.8 Å². The number of hydrogen-bond acceptors (Lipinski definition) is 1. The molecule has 1 atom stereocenters. The average molecular weight is 450 g/mol. The van der Waals surface area contributed by atoms with E-state index < -0.39 is 8.07 Å². The third-order valence-corrected chi connectivity index (χ3v) is 7.13. The van der Waals surface area contributed by atoms with E-state index in [0.717, 1.165) is 0 Å². The third-order valence-electron chi connectivity index (χ3n) is 6.23. The fraction of sp³-hybridized carbons (Fsp3) is 0.931. The van der Waals surface area contributed by atoms with Crippen molar-refractivity contribution in [3.8, 4) is 11.5 Å². The maximum atomic E-state index is 3.81. The van der Waals surface area contributed by atoms with Crippen molar-refractivity contribution in [3.63, 3.8) is 0 Å². The molecule has 2 heteroatoms. The minimum atomic E-state index is -1.32. The Balaban J connectivity index is 4.84. The van der Waals surface area contributed by atoms with E-state index in [9.17, 15) is 0 Å². The average Bonchev–Trinajstić information content (AvgIpc) is 2.73. The first kappa shape index (κ1) is 30.7. The lowest BCUT2D eigenvalue weighted by Gasteiger charge is -2.29. The van der Waals surface area contributed by atoms with Gasteiger partial charge in [0, 0.05) is 0 Å². The summed E-state index contributed by atoms with van der Waals surface area (Å²) in [6.45, 7) is 16.6. The summed E-state index contributed by atoms with van der Waals surface area (Å²) in [6, 6.07) is 0.500. The van der Waals surface area contributed by atoms with Gasteiger partial charge >= 0.3 is 0 Å². The van der Waals surface area contributed by atoms with Gasteiger partial charge in [-0.3, -0.25) is 4.90 Å². The highest BCUT2D eigenvalue weighted by Gasteiger charge is 2.17. The minimum absolute atomic E-state index is 0.500. The van der Waals surface area contributed by atoms with Crippen LogP contribution in [0, 0.1) is 11.5 Å². The quantitative estimate of drug-likeness (QED) is 0.0957. The Bertz CT molecular complexity index is 412. The van der Waals surface area contributed by atoms with E-state index >= 15 is 0 Å². The predicted octanol–water partition coefficient (Wildman–Crippen LogP) is 9.62. The Morgan fingerprint density at radius 1 is 0.548 bits per heavy atom. The molecule has 0 fully saturated rings. The third kappa shape index (κ3) is 21.3. The molecule has 0 saturated heterocycles. The van der Waals surface area contributed by atoms with Gasteiger partial charge in [-0.25, -0.2) is 0 Å². The number of rotatable bonds is 21. The molecule has 184 valence electrons. The second kappa shape index (κ2) is 21.6. The lowest BCUT2D eigenvalue weighted by molar-refractivity contribution is 0.213. The van der Waals surface area contributed by atoms with Crippen LogP contribution in [0.5, 0.6) is 0 Å². The second-order valence-corrected chi connectivity index (χ2v) is 15.6. The van der Waals surface area contributed by atoms with Crippen LogP contribution in [0.2, 0.25) is 19.6 Å². The molecule has 0 spiro atoms. The van der Waals surface area contributed by atoms with Gasteiger partial charge in [0.2, 0.25) is 0 Å². The normalized spacial score (nSPS) is 12.7.